The predicted octanol–water partition coefficient (Wildman–Crippen LogP) is 2.46. The van der Waals surface area contributed by atoms with Crippen LogP contribution in [0.15, 0.2) is 24.3 Å². The maximum absolute atomic E-state index is 11.7. The molecule has 0 spiro atoms. The number of ether oxygens (including phenoxy) is 1. The second-order valence-electron chi connectivity index (χ2n) is 4.40. The van der Waals surface area contributed by atoms with Gasteiger partial charge in [-0.3, -0.25) is 4.79 Å². The average molecular weight is 280 g/mol. The number of benzene rings is 1. The molecule has 0 bridgehead atoms. The van der Waals surface area contributed by atoms with Crippen LogP contribution in [-0.4, -0.2) is 23.6 Å². The lowest BCUT2D eigenvalue weighted by atomic mass is 10.2. The maximum atomic E-state index is 11.7. The van der Waals surface area contributed by atoms with E-state index >= 15 is 0 Å². The van der Waals surface area contributed by atoms with Crippen LogP contribution in [0, 0.1) is 0 Å². The van der Waals surface area contributed by atoms with Crippen LogP contribution in [0.5, 0.6) is 0 Å². The molecule has 0 aliphatic rings. The Morgan fingerprint density at radius 2 is 2.26 bits per heavy atom. The molecule has 19 heavy (non-hydrogen) atoms. The molecule has 1 unspecified atom stereocenters. The zero-order valence-corrected chi connectivity index (χ0v) is 12.1. The summed E-state index contributed by atoms with van der Waals surface area (Å²) in [5, 5.41) is 2.76. The molecule has 1 aromatic rings. The number of carbonyl (C=O) groups excluding carboxylic acids is 1. The van der Waals surface area contributed by atoms with Gasteiger partial charge in [-0.2, -0.15) is 0 Å². The van der Waals surface area contributed by atoms with Gasteiger partial charge in [0.2, 0.25) is 5.91 Å². The van der Waals surface area contributed by atoms with Gasteiger partial charge in [-0.05, 0) is 25.5 Å². The smallest absolute Gasteiger partial charge is 0.250 e. The van der Waals surface area contributed by atoms with E-state index in [0.29, 0.717) is 10.7 Å². The van der Waals surface area contributed by atoms with E-state index in [0.717, 1.165) is 18.4 Å². The van der Waals surface area contributed by atoms with Crippen LogP contribution in [0.2, 0.25) is 0 Å². The average Bonchev–Trinajstić information content (AvgIpc) is 2.37. The fourth-order valence-corrected chi connectivity index (χ4v) is 1.78. The van der Waals surface area contributed by atoms with Gasteiger partial charge in [0.15, 0.2) is 0 Å². The van der Waals surface area contributed by atoms with Crippen LogP contribution in [0.25, 0.3) is 0 Å². The molecule has 104 valence electrons. The molecule has 1 amide bonds. The highest BCUT2D eigenvalue weighted by Crippen LogP contribution is 2.10. The first kappa shape index (κ1) is 15.6. The van der Waals surface area contributed by atoms with Gasteiger partial charge in [-0.15, -0.1) is 0 Å². The Morgan fingerprint density at radius 3 is 2.89 bits per heavy atom. The van der Waals surface area contributed by atoms with Crippen LogP contribution >= 0.6 is 12.2 Å². The molecule has 1 aromatic carbocycles. The van der Waals surface area contributed by atoms with Crippen molar-refractivity contribution in [2.24, 2.45) is 5.73 Å². The van der Waals surface area contributed by atoms with Gasteiger partial charge < -0.3 is 15.8 Å². The predicted molar refractivity (Wildman–Crippen MR) is 81.3 cm³/mol. The van der Waals surface area contributed by atoms with Crippen molar-refractivity contribution in [2.75, 3.05) is 11.9 Å². The Balaban J connectivity index is 2.48. The van der Waals surface area contributed by atoms with Gasteiger partial charge in [0.25, 0.3) is 0 Å². The molecule has 1 rings (SSSR count). The van der Waals surface area contributed by atoms with E-state index < -0.39 is 0 Å². The van der Waals surface area contributed by atoms with Crippen molar-refractivity contribution in [1.29, 1.82) is 0 Å². The third-order valence-corrected chi connectivity index (χ3v) is 2.86. The van der Waals surface area contributed by atoms with Crippen molar-refractivity contribution >= 4 is 28.8 Å². The van der Waals surface area contributed by atoms with Crippen LogP contribution in [0.1, 0.15) is 32.3 Å². The molecular formula is C14H20N2O2S. The molecule has 3 N–H and O–H groups in total. The number of rotatable bonds is 7. The zero-order valence-electron chi connectivity index (χ0n) is 11.3. The Kier molecular flexibility index (Phi) is 6.45. The van der Waals surface area contributed by atoms with Gasteiger partial charge in [0, 0.05) is 11.3 Å². The van der Waals surface area contributed by atoms with E-state index in [9.17, 15) is 4.79 Å². The highest BCUT2D eigenvalue weighted by molar-refractivity contribution is 7.80. The zero-order chi connectivity index (χ0) is 14.3. The number of nitrogens with one attached hydrogen (secondary N) is 1. The Bertz CT molecular complexity index is 449. The van der Waals surface area contributed by atoms with Crippen molar-refractivity contribution in [1.82, 2.24) is 0 Å². The van der Waals surface area contributed by atoms with Crippen molar-refractivity contribution in [3.05, 3.63) is 29.8 Å². The fraction of sp³-hybridized carbons (Fsp3) is 0.429. The molecule has 0 aliphatic heterocycles. The Hall–Kier alpha value is -1.46. The number of amides is 1. The molecule has 5 heteroatoms. The quantitative estimate of drug-likeness (QED) is 0.753. The molecule has 1 atom stereocenters. The summed E-state index contributed by atoms with van der Waals surface area (Å²) in [5.74, 6) is -0.178. The molecule has 0 saturated carbocycles. The summed E-state index contributed by atoms with van der Waals surface area (Å²) in [6, 6.07) is 7.13. The van der Waals surface area contributed by atoms with E-state index in [1.54, 1.807) is 24.3 Å². The van der Waals surface area contributed by atoms with Crippen LogP contribution < -0.4 is 11.1 Å². The summed E-state index contributed by atoms with van der Waals surface area (Å²) in [6.07, 6.45) is 2.09. The number of carbonyl (C=O) groups is 1. The maximum Gasteiger partial charge on any atom is 0.250 e. The van der Waals surface area contributed by atoms with Crippen molar-refractivity contribution < 1.29 is 9.53 Å². The lowest BCUT2D eigenvalue weighted by Gasteiger charge is -2.12. The summed E-state index contributed by atoms with van der Waals surface area (Å²) >= 11 is 4.89. The SMILES string of the molecule is CCCC(C)OCC(=O)Nc1cccc(C(N)=S)c1. The normalized spacial score (nSPS) is 11.9. The van der Waals surface area contributed by atoms with E-state index in [2.05, 4.69) is 12.2 Å². The van der Waals surface area contributed by atoms with Crippen LogP contribution in [-0.2, 0) is 9.53 Å². The van der Waals surface area contributed by atoms with Crippen molar-refractivity contribution in [3.8, 4) is 0 Å². The Labute approximate surface area is 119 Å². The summed E-state index contributed by atoms with van der Waals surface area (Å²) in [5.41, 5.74) is 6.94. The standard InChI is InChI=1S/C14H20N2O2S/c1-3-5-10(2)18-9-13(17)16-12-7-4-6-11(8-12)14(15)19/h4,6-8,10H,3,5,9H2,1-2H3,(H2,15,19)(H,16,17). The van der Waals surface area contributed by atoms with Gasteiger partial charge in [0.05, 0.1) is 6.10 Å². The third-order valence-electron chi connectivity index (χ3n) is 2.62. The molecule has 4 nitrogen and oxygen atoms in total. The molecule has 0 saturated heterocycles. The minimum atomic E-state index is -0.178. The second kappa shape index (κ2) is 7.86. The highest BCUT2D eigenvalue weighted by atomic mass is 32.1. The fourth-order valence-electron chi connectivity index (χ4n) is 1.66. The second-order valence-corrected chi connectivity index (χ2v) is 4.84. The van der Waals surface area contributed by atoms with Crippen molar-refractivity contribution in [3.63, 3.8) is 0 Å². The lowest BCUT2D eigenvalue weighted by molar-refractivity contribution is -0.122. The topological polar surface area (TPSA) is 64.3 Å². The largest absolute Gasteiger partial charge is 0.389 e. The molecule has 0 aromatic heterocycles. The van der Waals surface area contributed by atoms with Crippen LogP contribution in [0.3, 0.4) is 0 Å². The van der Waals surface area contributed by atoms with Gasteiger partial charge in [-0.1, -0.05) is 37.7 Å². The highest BCUT2D eigenvalue weighted by Gasteiger charge is 2.07. The molecule has 0 radical (unpaired) electrons. The summed E-state index contributed by atoms with van der Waals surface area (Å²) in [7, 11) is 0. The summed E-state index contributed by atoms with van der Waals surface area (Å²) < 4.78 is 5.43. The Morgan fingerprint density at radius 1 is 1.53 bits per heavy atom. The molecule has 0 aliphatic carbocycles. The van der Waals surface area contributed by atoms with Crippen LogP contribution in [0.4, 0.5) is 5.69 Å². The first-order valence-electron chi connectivity index (χ1n) is 6.34. The van der Waals surface area contributed by atoms with Gasteiger partial charge >= 0.3 is 0 Å². The number of thiocarbonyl (C=S) groups is 1. The first-order chi connectivity index (χ1) is 9.02. The number of hydrogen-bond acceptors (Lipinski definition) is 3. The summed E-state index contributed by atoms with van der Waals surface area (Å²) in [4.78, 5) is 12.0. The monoisotopic (exact) mass is 280 g/mol. The summed E-state index contributed by atoms with van der Waals surface area (Å²) in [6.45, 7) is 4.10. The van der Waals surface area contributed by atoms with Gasteiger partial charge in [0.1, 0.15) is 11.6 Å². The lowest BCUT2D eigenvalue weighted by Crippen LogP contribution is -2.22. The molecule has 0 fully saturated rings. The number of nitrogens with two attached hydrogens (primary N) is 1. The minimum absolute atomic E-state index is 0.0540. The number of hydrogen-bond donors (Lipinski definition) is 2. The molecular weight excluding hydrogens is 260 g/mol. The molecule has 0 heterocycles. The third kappa shape index (κ3) is 5.81. The van der Waals surface area contributed by atoms with E-state index in [4.69, 9.17) is 22.7 Å². The first-order valence-corrected chi connectivity index (χ1v) is 6.75. The van der Waals surface area contributed by atoms with Crippen molar-refractivity contribution in [2.45, 2.75) is 32.8 Å². The van der Waals surface area contributed by atoms with E-state index in [1.165, 1.54) is 0 Å². The van der Waals surface area contributed by atoms with E-state index in [-0.39, 0.29) is 18.6 Å². The van der Waals surface area contributed by atoms with Gasteiger partial charge in [-0.25, -0.2) is 0 Å². The van der Waals surface area contributed by atoms with E-state index in [1.807, 2.05) is 6.92 Å². The minimum Gasteiger partial charge on any atom is -0.389 e. The number of anilines is 1.